The van der Waals surface area contributed by atoms with Crippen molar-refractivity contribution in [3.05, 3.63) is 24.3 Å². The van der Waals surface area contributed by atoms with Gasteiger partial charge in [-0.25, -0.2) is 0 Å². The number of benzene rings is 1. The molecule has 0 aromatic heterocycles. The highest BCUT2D eigenvalue weighted by atomic mass is 32.2. The first-order valence-electron chi connectivity index (χ1n) is 10.1. The lowest BCUT2D eigenvalue weighted by Crippen LogP contribution is -2.54. The van der Waals surface area contributed by atoms with Crippen molar-refractivity contribution < 1.29 is 22.7 Å². The van der Waals surface area contributed by atoms with Gasteiger partial charge in [-0.15, -0.1) is 0 Å². The molecule has 3 aliphatic rings. The van der Waals surface area contributed by atoms with Crippen molar-refractivity contribution in [3.8, 4) is 11.5 Å². The Balaban J connectivity index is 1.19. The lowest BCUT2D eigenvalue weighted by atomic mass is 10.2. The molecule has 4 rings (SSSR count). The van der Waals surface area contributed by atoms with E-state index in [0.29, 0.717) is 58.2 Å². The zero-order chi connectivity index (χ0) is 20.3. The van der Waals surface area contributed by atoms with E-state index < -0.39 is 10.2 Å². The number of fused-ring (bicyclic) bond motifs is 1. The monoisotopic (exact) mass is 424 g/mol. The van der Waals surface area contributed by atoms with E-state index in [1.54, 1.807) is 4.31 Å². The molecule has 1 aromatic rings. The number of para-hydroxylation sites is 2. The molecule has 0 radical (unpaired) electrons. The summed E-state index contributed by atoms with van der Waals surface area (Å²) in [6.45, 7) is 4.19. The number of ether oxygens (including phenoxy) is 2. The number of hydrogen-bond donors (Lipinski definition) is 1. The van der Waals surface area contributed by atoms with Gasteiger partial charge in [-0.1, -0.05) is 12.1 Å². The molecule has 1 amide bonds. The minimum absolute atomic E-state index is 0.0942. The number of nitrogens with zero attached hydrogens (tertiary/aromatic N) is 3. The summed E-state index contributed by atoms with van der Waals surface area (Å²) in [5.41, 5.74) is 0. The second kappa shape index (κ2) is 8.86. The van der Waals surface area contributed by atoms with Gasteiger partial charge in [0.2, 0.25) is 5.91 Å². The maximum absolute atomic E-state index is 12.6. The summed E-state index contributed by atoms with van der Waals surface area (Å²) < 4.78 is 39.8. The predicted octanol–water partition coefficient (Wildman–Crippen LogP) is -0.0992. The fourth-order valence-electron chi connectivity index (χ4n) is 3.85. The molecule has 0 bridgehead atoms. The third-order valence-corrected chi connectivity index (χ3v) is 7.55. The minimum atomic E-state index is -3.35. The molecular weight excluding hydrogens is 396 g/mol. The highest BCUT2D eigenvalue weighted by Gasteiger charge is 2.34. The van der Waals surface area contributed by atoms with Crippen LogP contribution in [0, 0.1) is 0 Å². The average Bonchev–Trinajstić information content (AvgIpc) is 3.28. The van der Waals surface area contributed by atoms with Crippen molar-refractivity contribution in [2.24, 2.45) is 0 Å². The Hall–Kier alpha value is -1.88. The van der Waals surface area contributed by atoms with Gasteiger partial charge in [-0.3, -0.25) is 9.69 Å². The third kappa shape index (κ3) is 4.82. The second-order valence-electron chi connectivity index (χ2n) is 7.59. The summed E-state index contributed by atoms with van der Waals surface area (Å²) >= 11 is 0. The number of carbonyl (C=O) groups is 1. The molecule has 9 nitrogen and oxygen atoms in total. The van der Waals surface area contributed by atoms with Crippen LogP contribution in [0.1, 0.15) is 12.8 Å². The fraction of sp³-hybridized carbons (Fsp3) is 0.632. The predicted molar refractivity (Wildman–Crippen MR) is 107 cm³/mol. The zero-order valence-electron chi connectivity index (χ0n) is 16.5. The average molecular weight is 425 g/mol. The van der Waals surface area contributed by atoms with Gasteiger partial charge in [0.1, 0.15) is 12.7 Å². The molecule has 3 heterocycles. The molecule has 10 heteroatoms. The van der Waals surface area contributed by atoms with E-state index >= 15 is 0 Å². The van der Waals surface area contributed by atoms with Crippen LogP contribution in [-0.2, 0) is 15.0 Å². The van der Waals surface area contributed by atoms with Crippen molar-refractivity contribution in [1.29, 1.82) is 0 Å². The van der Waals surface area contributed by atoms with Crippen molar-refractivity contribution >= 4 is 16.1 Å². The highest BCUT2D eigenvalue weighted by Crippen LogP contribution is 2.30. The van der Waals surface area contributed by atoms with Crippen LogP contribution >= 0.6 is 0 Å². The van der Waals surface area contributed by atoms with Crippen LogP contribution in [0.3, 0.4) is 0 Å². The van der Waals surface area contributed by atoms with Crippen LogP contribution in [0.25, 0.3) is 0 Å². The summed E-state index contributed by atoms with van der Waals surface area (Å²) in [4.78, 5) is 14.3. The molecule has 1 atom stereocenters. The maximum Gasteiger partial charge on any atom is 0.282 e. The molecule has 29 heavy (non-hydrogen) atoms. The van der Waals surface area contributed by atoms with E-state index in [1.165, 1.54) is 4.31 Å². The standard InChI is InChI=1S/C19H28N4O5S/c24-19(20-13-16-15-27-17-5-1-2-6-18(17)28-16)14-21-9-11-23(12-10-21)29(25,26)22-7-3-4-8-22/h1-2,5-6,16H,3-4,7-15H2,(H,20,24). The molecule has 2 saturated heterocycles. The number of rotatable bonds is 6. The Labute approximate surface area is 171 Å². The SMILES string of the molecule is O=C(CN1CCN(S(=O)(=O)N2CCCC2)CC1)NCC1COc2ccccc2O1. The lowest BCUT2D eigenvalue weighted by Gasteiger charge is -2.35. The van der Waals surface area contributed by atoms with Crippen LogP contribution in [0.2, 0.25) is 0 Å². The fourth-order valence-corrected chi connectivity index (χ4v) is 5.52. The van der Waals surface area contributed by atoms with E-state index in [0.717, 1.165) is 18.6 Å². The van der Waals surface area contributed by atoms with Gasteiger partial charge in [0.05, 0.1) is 13.1 Å². The van der Waals surface area contributed by atoms with Crippen LogP contribution in [-0.4, -0.2) is 92.9 Å². The van der Waals surface area contributed by atoms with Crippen LogP contribution in [0.4, 0.5) is 0 Å². The van der Waals surface area contributed by atoms with E-state index in [1.807, 2.05) is 29.2 Å². The first-order valence-corrected chi connectivity index (χ1v) is 11.5. The molecule has 1 N–H and O–H groups in total. The van der Waals surface area contributed by atoms with Crippen LogP contribution < -0.4 is 14.8 Å². The Kier molecular flexibility index (Phi) is 6.23. The van der Waals surface area contributed by atoms with Gasteiger partial charge < -0.3 is 14.8 Å². The Bertz CT molecular complexity index is 820. The molecule has 1 unspecified atom stereocenters. The topological polar surface area (TPSA) is 91.4 Å². The normalized spacial score (nSPS) is 23.8. The molecule has 0 spiro atoms. The minimum Gasteiger partial charge on any atom is -0.486 e. The molecule has 0 saturated carbocycles. The van der Waals surface area contributed by atoms with Gasteiger partial charge in [0, 0.05) is 39.3 Å². The van der Waals surface area contributed by atoms with E-state index in [2.05, 4.69) is 5.32 Å². The zero-order valence-corrected chi connectivity index (χ0v) is 17.3. The van der Waals surface area contributed by atoms with Crippen LogP contribution in [0.15, 0.2) is 24.3 Å². The Morgan fingerprint density at radius 1 is 1.00 bits per heavy atom. The van der Waals surface area contributed by atoms with Crippen molar-refractivity contribution in [2.45, 2.75) is 18.9 Å². The van der Waals surface area contributed by atoms with Crippen molar-refractivity contribution in [3.63, 3.8) is 0 Å². The Morgan fingerprint density at radius 3 is 2.38 bits per heavy atom. The van der Waals surface area contributed by atoms with Gasteiger partial charge in [0.25, 0.3) is 10.2 Å². The third-order valence-electron chi connectivity index (χ3n) is 5.51. The summed E-state index contributed by atoms with van der Waals surface area (Å²) in [7, 11) is -3.35. The summed E-state index contributed by atoms with van der Waals surface area (Å²) in [5.74, 6) is 1.31. The Morgan fingerprint density at radius 2 is 1.66 bits per heavy atom. The number of nitrogens with one attached hydrogen (secondary N) is 1. The van der Waals surface area contributed by atoms with Gasteiger partial charge in [0.15, 0.2) is 11.5 Å². The van der Waals surface area contributed by atoms with Gasteiger partial charge in [-0.2, -0.15) is 17.0 Å². The van der Waals surface area contributed by atoms with E-state index in [4.69, 9.17) is 9.47 Å². The first kappa shape index (κ1) is 20.4. The number of carbonyl (C=O) groups excluding carboxylic acids is 1. The summed E-state index contributed by atoms with van der Waals surface area (Å²) in [6, 6.07) is 7.47. The smallest absolute Gasteiger partial charge is 0.282 e. The lowest BCUT2D eigenvalue weighted by molar-refractivity contribution is -0.123. The second-order valence-corrected chi connectivity index (χ2v) is 9.52. The largest absolute Gasteiger partial charge is 0.486 e. The van der Waals surface area contributed by atoms with Gasteiger partial charge in [-0.05, 0) is 25.0 Å². The van der Waals surface area contributed by atoms with Crippen molar-refractivity contribution in [1.82, 2.24) is 18.8 Å². The summed E-state index contributed by atoms with van der Waals surface area (Å²) in [5, 5.41) is 2.89. The number of piperazine rings is 1. The molecule has 2 fully saturated rings. The maximum atomic E-state index is 12.6. The number of amides is 1. The molecular formula is C19H28N4O5S. The number of hydrogen-bond acceptors (Lipinski definition) is 6. The highest BCUT2D eigenvalue weighted by molar-refractivity contribution is 7.86. The summed E-state index contributed by atoms with van der Waals surface area (Å²) in [6.07, 6.45) is 1.64. The van der Waals surface area contributed by atoms with Gasteiger partial charge >= 0.3 is 0 Å². The molecule has 0 aliphatic carbocycles. The van der Waals surface area contributed by atoms with Crippen molar-refractivity contribution in [2.75, 3.05) is 59.0 Å². The van der Waals surface area contributed by atoms with E-state index in [-0.39, 0.29) is 18.6 Å². The molecule has 1 aromatic carbocycles. The first-order chi connectivity index (χ1) is 14.0. The molecule has 160 valence electrons. The quantitative estimate of drug-likeness (QED) is 0.686. The van der Waals surface area contributed by atoms with Crippen LogP contribution in [0.5, 0.6) is 11.5 Å². The molecule has 3 aliphatic heterocycles. The van der Waals surface area contributed by atoms with E-state index in [9.17, 15) is 13.2 Å².